The minimum absolute atomic E-state index is 0.190. The predicted octanol–water partition coefficient (Wildman–Crippen LogP) is 5.94. The monoisotopic (exact) mass is 492 g/mol. The Labute approximate surface area is 194 Å². The first-order valence-electron chi connectivity index (χ1n) is 10.1. The smallest absolute Gasteiger partial charge is 0.307 e. The van der Waals surface area contributed by atoms with Gasteiger partial charge in [0.05, 0.1) is 12.8 Å². The SMILES string of the molecule is CCOc1cc(/C=N/NC(=O)c2cc3cc(Br)ccc3o2)ccc1OCc1ccccc1. The van der Waals surface area contributed by atoms with Crippen molar-refractivity contribution in [2.24, 2.45) is 5.10 Å². The van der Waals surface area contributed by atoms with Crippen LogP contribution >= 0.6 is 15.9 Å². The summed E-state index contributed by atoms with van der Waals surface area (Å²) >= 11 is 3.41. The number of furan rings is 1. The number of nitrogens with one attached hydrogen (secondary N) is 1. The molecule has 1 aromatic heterocycles. The fourth-order valence-electron chi connectivity index (χ4n) is 3.07. The molecule has 3 aromatic carbocycles. The van der Waals surface area contributed by atoms with Gasteiger partial charge < -0.3 is 13.9 Å². The molecule has 0 aliphatic carbocycles. The van der Waals surface area contributed by atoms with Crippen molar-refractivity contribution < 1.29 is 18.7 Å². The maximum atomic E-state index is 12.4. The van der Waals surface area contributed by atoms with Gasteiger partial charge in [0.1, 0.15) is 12.2 Å². The van der Waals surface area contributed by atoms with Gasteiger partial charge >= 0.3 is 5.91 Å². The van der Waals surface area contributed by atoms with Crippen LogP contribution in [0.5, 0.6) is 11.5 Å². The Balaban J connectivity index is 1.42. The van der Waals surface area contributed by atoms with Crippen molar-refractivity contribution in [1.29, 1.82) is 0 Å². The molecule has 0 bridgehead atoms. The maximum absolute atomic E-state index is 12.4. The second-order valence-electron chi connectivity index (χ2n) is 6.91. The number of ether oxygens (including phenoxy) is 2. The third-order valence-corrected chi connectivity index (χ3v) is 5.08. The summed E-state index contributed by atoms with van der Waals surface area (Å²) in [5.74, 6) is 1.02. The van der Waals surface area contributed by atoms with E-state index in [4.69, 9.17) is 13.9 Å². The van der Waals surface area contributed by atoms with Crippen LogP contribution < -0.4 is 14.9 Å². The Hall–Kier alpha value is -3.58. The van der Waals surface area contributed by atoms with Gasteiger partial charge in [0.25, 0.3) is 0 Å². The van der Waals surface area contributed by atoms with Crippen LogP contribution in [0.3, 0.4) is 0 Å². The molecule has 0 aliphatic rings. The van der Waals surface area contributed by atoms with Gasteiger partial charge in [-0.25, -0.2) is 5.43 Å². The number of hydrogen-bond donors (Lipinski definition) is 1. The predicted molar refractivity (Wildman–Crippen MR) is 127 cm³/mol. The Morgan fingerprint density at radius 2 is 1.88 bits per heavy atom. The van der Waals surface area contributed by atoms with Crippen LogP contribution in [0.4, 0.5) is 0 Å². The van der Waals surface area contributed by atoms with Crippen molar-refractivity contribution in [3.8, 4) is 11.5 Å². The van der Waals surface area contributed by atoms with E-state index in [1.807, 2.05) is 67.6 Å². The lowest BCUT2D eigenvalue weighted by Gasteiger charge is -2.12. The van der Waals surface area contributed by atoms with Crippen molar-refractivity contribution in [3.05, 3.63) is 94.2 Å². The number of amides is 1. The molecule has 6 nitrogen and oxygen atoms in total. The van der Waals surface area contributed by atoms with E-state index in [9.17, 15) is 4.79 Å². The Kier molecular flexibility index (Phi) is 6.87. The van der Waals surface area contributed by atoms with Crippen LogP contribution in [0, 0.1) is 0 Å². The number of fused-ring (bicyclic) bond motifs is 1. The summed E-state index contributed by atoms with van der Waals surface area (Å²) in [6.45, 7) is 2.85. The largest absolute Gasteiger partial charge is 0.490 e. The fourth-order valence-corrected chi connectivity index (χ4v) is 3.45. The first-order valence-corrected chi connectivity index (χ1v) is 10.9. The molecule has 1 N–H and O–H groups in total. The Morgan fingerprint density at radius 1 is 1.03 bits per heavy atom. The van der Waals surface area contributed by atoms with Crippen LogP contribution in [-0.4, -0.2) is 18.7 Å². The molecule has 0 unspecified atom stereocenters. The van der Waals surface area contributed by atoms with Gasteiger partial charge in [-0.05, 0) is 60.5 Å². The molecule has 0 atom stereocenters. The van der Waals surface area contributed by atoms with Crippen LogP contribution in [0.2, 0.25) is 0 Å². The van der Waals surface area contributed by atoms with Crippen molar-refractivity contribution in [1.82, 2.24) is 5.43 Å². The Bertz CT molecular complexity index is 1250. The van der Waals surface area contributed by atoms with E-state index in [1.165, 1.54) is 0 Å². The van der Waals surface area contributed by atoms with Gasteiger partial charge in [0.2, 0.25) is 0 Å². The zero-order valence-electron chi connectivity index (χ0n) is 17.4. The molecule has 4 aromatic rings. The molecule has 162 valence electrons. The summed E-state index contributed by atoms with van der Waals surface area (Å²) in [4.78, 5) is 12.4. The number of hydrogen-bond acceptors (Lipinski definition) is 5. The summed E-state index contributed by atoms with van der Waals surface area (Å²) < 4.78 is 18.1. The lowest BCUT2D eigenvalue weighted by atomic mass is 10.2. The third kappa shape index (κ3) is 5.36. The average molecular weight is 493 g/mol. The van der Waals surface area contributed by atoms with Crippen molar-refractivity contribution >= 4 is 39.0 Å². The molecule has 0 saturated carbocycles. The zero-order chi connectivity index (χ0) is 22.3. The molecule has 0 aliphatic heterocycles. The number of nitrogens with zero attached hydrogens (tertiary/aromatic N) is 1. The number of carbonyl (C=O) groups is 1. The van der Waals surface area contributed by atoms with E-state index in [0.29, 0.717) is 30.3 Å². The Morgan fingerprint density at radius 3 is 2.69 bits per heavy atom. The molecule has 4 rings (SSSR count). The molecule has 32 heavy (non-hydrogen) atoms. The quantitative estimate of drug-likeness (QED) is 0.244. The minimum atomic E-state index is -0.429. The molecular formula is C25H21BrN2O4. The maximum Gasteiger partial charge on any atom is 0.307 e. The van der Waals surface area contributed by atoms with Gasteiger partial charge in [0.15, 0.2) is 17.3 Å². The summed E-state index contributed by atoms with van der Waals surface area (Å²) in [7, 11) is 0. The first kappa shape index (κ1) is 21.6. The van der Waals surface area contributed by atoms with E-state index >= 15 is 0 Å². The molecule has 0 saturated heterocycles. The number of halogens is 1. The van der Waals surface area contributed by atoms with E-state index in [-0.39, 0.29) is 5.76 Å². The second-order valence-corrected chi connectivity index (χ2v) is 7.82. The highest BCUT2D eigenvalue weighted by Gasteiger charge is 2.12. The summed E-state index contributed by atoms with van der Waals surface area (Å²) in [6, 6.07) is 22.6. The van der Waals surface area contributed by atoms with Gasteiger partial charge in [-0.3, -0.25) is 4.79 Å². The summed E-state index contributed by atoms with van der Waals surface area (Å²) in [5, 5.41) is 4.87. The lowest BCUT2D eigenvalue weighted by Crippen LogP contribution is -2.16. The van der Waals surface area contributed by atoms with E-state index in [0.717, 1.165) is 21.0 Å². The van der Waals surface area contributed by atoms with Crippen molar-refractivity contribution in [2.45, 2.75) is 13.5 Å². The van der Waals surface area contributed by atoms with Crippen LogP contribution in [0.15, 0.2) is 86.8 Å². The van der Waals surface area contributed by atoms with E-state index in [1.54, 1.807) is 18.3 Å². The normalized spacial score (nSPS) is 11.1. The molecule has 0 fully saturated rings. The number of rotatable bonds is 8. The molecular weight excluding hydrogens is 472 g/mol. The average Bonchev–Trinajstić information content (AvgIpc) is 3.23. The van der Waals surface area contributed by atoms with E-state index in [2.05, 4.69) is 26.5 Å². The highest BCUT2D eigenvalue weighted by atomic mass is 79.9. The van der Waals surface area contributed by atoms with Gasteiger partial charge in [-0.15, -0.1) is 0 Å². The van der Waals surface area contributed by atoms with Crippen LogP contribution in [0.1, 0.15) is 28.6 Å². The first-order chi connectivity index (χ1) is 15.6. The van der Waals surface area contributed by atoms with Gasteiger partial charge in [-0.1, -0.05) is 46.3 Å². The highest BCUT2D eigenvalue weighted by Crippen LogP contribution is 2.29. The standard InChI is InChI=1S/C25H21BrN2O4/c1-2-30-23-12-18(8-10-22(23)31-16-17-6-4-3-5-7-17)15-27-28-25(29)24-14-19-13-20(26)9-11-21(19)32-24/h3-15H,2,16H2,1H3,(H,28,29)/b27-15+. The molecule has 0 spiro atoms. The van der Waals surface area contributed by atoms with Crippen molar-refractivity contribution in [3.63, 3.8) is 0 Å². The lowest BCUT2D eigenvalue weighted by molar-refractivity contribution is 0.0929. The van der Waals surface area contributed by atoms with Crippen LogP contribution in [-0.2, 0) is 6.61 Å². The van der Waals surface area contributed by atoms with Gasteiger partial charge in [-0.2, -0.15) is 5.10 Å². The van der Waals surface area contributed by atoms with Gasteiger partial charge in [0, 0.05) is 9.86 Å². The molecule has 1 heterocycles. The second kappa shape index (κ2) is 10.2. The topological polar surface area (TPSA) is 73.1 Å². The number of benzene rings is 3. The number of carbonyl (C=O) groups excluding carboxylic acids is 1. The molecule has 1 amide bonds. The van der Waals surface area contributed by atoms with E-state index < -0.39 is 5.91 Å². The number of hydrazone groups is 1. The van der Waals surface area contributed by atoms with Crippen LogP contribution in [0.25, 0.3) is 11.0 Å². The third-order valence-electron chi connectivity index (χ3n) is 4.59. The summed E-state index contributed by atoms with van der Waals surface area (Å²) in [6.07, 6.45) is 1.54. The summed E-state index contributed by atoms with van der Waals surface area (Å²) in [5.41, 5.74) is 4.95. The van der Waals surface area contributed by atoms with Crippen molar-refractivity contribution in [2.75, 3.05) is 6.61 Å². The fraction of sp³-hybridized carbons (Fsp3) is 0.120. The zero-order valence-corrected chi connectivity index (χ0v) is 19.0. The highest BCUT2D eigenvalue weighted by molar-refractivity contribution is 9.10. The minimum Gasteiger partial charge on any atom is -0.490 e. The molecule has 7 heteroatoms. The molecule has 0 radical (unpaired) electrons.